The summed E-state index contributed by atoms with van der Waals surface area (Å²) in [5.74, 6) is 2.21. The molecule has 0 spiro atoms. The Bertz CT molecular complexity index is 609. The number of rotatable bonds is 4. The quantitative estimate of drug-likeness (QED) is 0.798. The van der Waals surface area contributed by atoms with Crippen molar-refractivity contribution in [2.45, 2.75) is 45.2 Å². The van der Waals surface area contributed by atoms with E-state index in [-0.39, 0.29) is 5.91 Å². The first-order chi connectivity index (χ1) is 11.2. The lowest BCUT2D eigenvalue weighted by Gasteiger charge is -2.38. The number of hydrogen-bond acceptors (Lipinski definition) is 3. The molecule has 1 unspecified atom stereocenters. The number of carbonyl (C=O) groups excluding carboxylic acids is 1. The van der Waals surface area contributed by atoms with Gasteiger partial charge in [0.05, 0.1) is 18.2 Å². The molecule has 0 bridgehead atoms. The highest BCUT2D eigenvalue weighted by Crippen LogP contribution is 2.32. The predicted molar refractivity (Wildman–Crippen MR) is 89.0 cm³/mol. The van der Waals surface area contributed by atoms with Crippen molar-refractivity contribution in [2.24, 2.45) is 5.92 Å². The third kappa shape index (κ3) is 2.94. The lowest BCUT2D eigenvalue weighted by Crippen LogP contribution is -2.41. The molecule has 5 nitrogen and oxygen atoms in total. The Balaban J connectivity index is 1.42. The Labute approximate surface area is 138 Å². The first-order valence-corrected chi connectivity index (χ1v) is 8.93. The number of carbonyl (C=O) groups is 1. The van der Waals surface area contributed by atoms with Crippen molar-refractivity contribution < 1.29 is 4.79 Å². The minimum atomic E-state index is 0.185. The summed E-state index contributed by atoms with van der Waals surface area (Å²) in [4.78, 5) is 21.5. The van der Waals surface area contributed by atoms with Crippen LogP contribution in [0.2, 0.25) is 0 Å². The number of amides is 1. The fraction of sp³-hybridized carbons (Fsp3) is 0.667. The number of aromatic nitrogens is 2. The summed E-state index contributed by atoms with van der Waals surface area (Å²) in [5.41, 5.74) is 0.925. The lowest BCUT2D eigenvalue weighted by molar-refractivity contribution is -0.129. The van der Waals surface area contributed by atoms with Gasteiger partial charge in [-0.3, -0.25) is 9.69 Å². The number of imidazole rings is 1. The number of hydrogen-bond donors (Lipinski definition) is 0. The molecule has 5 heteroatoms. The van der Waals surface area contributed by atoms with E-state index in [1.165, 1.54) is 25.8 Å². The van der Waals surface area contributed by atoms with Crippen molar-refractivity contribution in [1.29, 1.82) is 0 Å². The molecule has 0 aromatic carbocycles. The molecule has 0 radical (unpaired) electrons. The largest absolute Gasteiger partial charge is 0.335 e. The smallest absolute Gasteiger partial charge is 0.229 e. The average molecular weight is 314 g/mol. The van der Waals surface area contributed by atoms with Gasteiger partial charge in [0, 0.05) is 38.9 Å². The minimum Gasteiger partial charge on any atom is -0.335 e. The third-order valence-electron chi connectivity index (χ3n) is 5.63. The first kappa shape index (κ1) is 14.9. The Morgan fingerprint density at radius 1 is 1.26 bits per heavy atom. The van der Waals surface area contributed by atoms with E-state index in [0.717, 1.165) is 43.6 Å². The molecule has 1 fully saturated rings. The molecule has 1 aromatic rings. The van der Waals surface area contributed by atoms with Gasteiger partial charge in [0.2, 0.25) is 5.91 Å². The molecule has 1 saturated carbocycles. The fourth-order valence-corrected chi connectivity index (χ4v) is 3.88. The van der Waals surface area contributed by atoms with Crippen LogP contribution in [0, 0.1) is 5.92 Å². The SMILES string of the molecule is CC1c2nc(CC(=O)N3CC=CC3)cn2CCN1CC1CCC1. The summed E-state index contributed by atoms with van der Waals surface area (Å²) in [6.07, 6.45) is 10.8. The maximum Gasteiger partial charge on any atom is 0.229 e. The Kier molecular flexibility index (Phi) is 3.97. The number of fused-ring (bicyclic) bond motifs is 1. The Morgan fingerprint density at radius 2 is 2.04 bits per heavy atom. The highest BCUT2D eigenvalue weighted by Gasteiger charge is 2.30. The summed E-state index contributed by atoms with van der Waals surface area (Å²) in [6, 6.07) is 0.363. The predicted octanol–water partition coefficient (Wildman–Crippen LogP) is 2.00. The average Bonchev–Trinajstić information content (AvgIpc) is 3.13. The zero-order chi connectivity index (χ0) is 15.8. The van der Waals surface area contributed by atoms with Gasteiger partial charge in [-0.25, -0.2) is 4.98 Å². The molecule has 3 aliphatic rings. The summed E-state index contributed by atoms with van der Waals surface area (Å²) >= 11 is 0. The van der Waals surface area contributed by atoms with Gasteiger partial charge < -0.3 is 9.47 Å². The zero-order valence-electron chi connectivity index (χ0n) is 13.9. The van der Waals surface area contributed by atoms with Crippen molar-refractivity contribution in [3.05, 3.63) is 29.9 Å². The zero-order valence-corrected chi connectivity index (χ0v) is 13.9. The van der Waals surface area contributed by atoms with Crippen LogP contribution in [-0.2, 0) is 17.8 Å². The first-order valence-electron chi connectivity index (χ1n) is 8.93. The van der Waals surface area contributed by atoms with Gasteiger partial charge in [0.1, 0.15) is 5.82 Å². The molecule has 3 heterocycles. The van der Waals surface area contributed by atoms with E-state index in [2.05, 4.69) is 34.7 Å². The maximum atomic E-state index is 12.3. The van der Waals surface area contributed by atoms with E-state index >= 15 is 0 Å². The Morgan fingerprint density at radius 3 is 2.74 bits per heavy atom. The summed E-state index contributed by atoms with van der Waals surface area (Å²) in [5, 5.41) is 0. The van der Waals surface area contributed by atoms with Gasteiger partial charge in [-0.1, -0.05) is 18.6 Å². The third-order valence-corrected chi connectivity index (χ3v) is 5.63. The minimum absolute atomic E-state index is 0.185. The van der Waals surface area contributed by atoms with Gasteiger partial charge in [0.15, 0.2) is 0 Å². The molecular formula is C18H26N4O. The van der Waals surface area contributed by atoms with Crippen LogP contribution < -0.4 is 0 Å². The van der Waals surface area contributed by atoms with Crippen LogP contribution in [0.3, 0.4) is 0 Å². The molecular weight excluding hydrogens is 288 g/mol. The molecule has 124 valence electrons. The van der Waals surface area contributed by atoms with E-state index in [1.54, 1.807) is 0 Å². The van der Waals surface area contributed by atoms with Gasteiger partial charge in [-0.2, -0.15) is 0 Å². The van der Waals surface area contributed by atoms with Crippen LogP contribution >= 0.6 is 0 Å². The van der Waals surface area contributed by atoms with Crippen molar-refractivity contribution in [3.63, 3.8) is 0 Å². The van der Waals surface area contributed by atoms with Crippen LogP contribution in [0.1, 0.15) is 43.7 Å². The summed E-state index contributed by atoms with van der Waals surface area (Å²) < 4.78 is 2.26. The second kappa shape index (κ2) is 6.11. The molecule has 1 aromatic heterocycles. The van der Waals surface area contributed by atoms with Crippen LogP contribution in [0.5, 0.6) is 0 Å². The highest BCUT2D eigenvalue weighted by molar-refractivity contribution is 5.79. The number of nitrogens with zero attached hydrogens (tertiary/aromatic N) is 4. The lowest BCUT2D eigenvalue weighted by atomic mass is 9.84. The fourth-order valence-electron chi connectivity index (χ4n) is 3.88. The molecule has 1 atom stereocenters. The van der Waals surface area contributed by atoms with Crippen molar-refractivity contribution in [1.82, 2.24) is 19.4 Å². The molecule has 1 aliphatic carbocycles. The van der Waals surface area contributed by atoms with Crippen LogP contribution in [-0.4, -0.2) is 51.4 Å². The summed E-state index contributed by atoms with van der Waals surface area (Å²) in [6.45, 7) is 7.06. The maximum absolute atomic E-state index is 12.3. The Hall–Kier alpha value is -1.62. The summed E-state index contributed by atoms with van der Waals surface area (Å²) in [7, 11) is 0. The standard InChI is InChI=1S/C18H26N4O/c1-14-18-19-16(11-17(23)20-7-2-3-8-20)13-22(18)10-9-21(14)12-15-5-4-6-15/h2-3,13-15H,4-12H2,1H3. The van der Waals surface area contributed by atoms with E-state index in [0.29, 0.717) is 12.5 Å². The van der Waals surface area contributed by atoms with Gasteiger partial charge >= 0.3 is 0 Å². The van der Waals surface area contributed by atoms with Gasteiger partial charge in [-0.15, -0.1) is 0 Å². The van der Waals surface area contributed by atoms with Crippen molar-refractivity contribution in [3.8, 4) is 0 Å². The second-order valence-electron chi connectivity index (χ2n) is 7.20. The molecule has 0 N–H and O–H groups in total. The molecule has 2 aliphatic heterocycles. The molecule has 0 saturated heterocycles. The van der Waals surface area contributed by atoms with E-state index in [9.17, 15) is 4.79 Å². The van der Waals surface area contributed by atoms with E-state index < -0.39 is 0 Å². The van der Waals surface area contributed by atoms with Gasteiger partial charge in [-0.05, 0) is 25.7 Å². The normalized spacial score (nSPS) is 24.7. The highest BCUT2D eigenvalue weighted by atomic mass is 16.2. The van der Waals surface area contributed by atoms with Gasteiger partial charge in [0.25, 0.3) is 0 Å². The van der Waals surface area contributed by atoms with Crippen LogP contribution in [0.4, 0.5) is 0 Å². The molecule has 4 rings (SSSR count). The van der Waals surface area contributed by atoms with Crippen molar-refractivity contribution >= 4 is 5.91 Å². The topological polar surface area (TPSA) is 41.4 Å². The molecule has 1 amide bonds. The van der Waals surface area contributed by atoms with Crippen LogP contribution in [0.15, 0.2) is 18.3 Å². The van der Waals surface area contributed by atoms with Crippen molar-refractivity contribution in [2.75, 3.05) is 26.2 Å². The van der Waals surface area contributed by atoms with E-state index in [1.807, 2.05) is 4.90 Å². The van der Waals surface area contributed by atoms with E-state index in [4.69, 9.17) is 4.98 Å². The second-order valence-corrected chi connectivity index (χ2v) is 7.20. The monoisotopic (exact) mass is 314 g/mol. The molecule has 23 heavy (non-hydrogen) atoms. The van der Waals surface area contributed by atoms with Crippen LogP contribution in [0.25, 0.3) is 0 Å².